The van der Waals surface area contributed by atoms with Crippen molar-refractivity contribution < 1.29 is 19.4 Å². The molecule has 15 heavy (non-hydrogen) atoms. The molecule has 0 aliphatic rings. The zero-order valence-corrected chi connectivity index (χ0v) is 9.17. The summed E-state index contributed by atoms with van der Waals surface area (Å²) in [5.74, 6) is -0.495. The predicted octanol–water partition coefficient (Wildman–Crippen LogP) is 2.23. The summed E-state index contributed by atoms with van der Waals surface area (Å²) in [4.78, 5) is 11.2. The molecule has 0 spiro atoms. The molecule has 1 rings (SSSR count). The Morgan fingerprint density at radius 3 is 2.73 bits per heavy atom. The van der Waals surface area contributed by atoms with Gasteiger partial charge in [0.15, 0.2) is 0 Å². The quantitative estimate of drug-likeness (QED) is 0.809. The zero-order chi connectivity index (χ0) is 11.4. The van der Waals surface area contributed by atoms with Gasteiger partial charge in [-0.15, -0.1) is 0 Å². The Morgan fingerprint density at radius 2 is 2.20 bits per heavy atom. The smallest absolute Gasteiger partial charge is 0.338 e. The van der Waals surface area contributed by atoms with Crippen LogP contribution in [0.1, 0.15) is 17.3 Å². The molecule has 0 aliphatic carbocycles. The minimum Gasteiger partial charge on any atom is -0.506 e. The summed E-state index contributed by atoms with van der Waals surface area (Å²) in [6.07, 6.45) is 0. The Labute approximate surface area is 92.4 Å². The molecule has 0 aliphatic heterocycles. The first-order valence-corrected chi connectivity index (χ1v) is 4.71. The third-order valence-corrected chi connectivity index (χ3v) is 2.12. The van der Waals surface area contributed by atoms with Crippen molar-refractivity contribution in [1.29, 1.82) is 0 Å². The van der Waals surface area contributed by atoms with Crippen LogP contribution in [0.15, 0.2) is 12.1 Å². The molecule has 0 fully saturated rings. The number of hydrogen-bond acceptors (Lipinski definition) is 4. The van der Waals surface area contributed by atoms with Crippen molar-refractivity contribution in [2.45, 2.75) is 6.92 Å². The highest BCUT2D eigenvalue weighted by Gasteiger charge is 2.14. The Hall–Kier alpha value is -1.42. The van der Waals surface area contributed by atoms with Gasteiger partial charge in [0.1, 0.15) is 16.5 Å². The lowest BCUT2D eigenvalue weighted by molar-refractivity contribution is 0.0599. The van der Waals surface area contributed by atoms with Crippen LogP contribution in [-0.4, -0.2) is 24.8 Å². The van der Waals surface area contributed by atoms with Gasteiger partial charge < -0.3 is 14.6 Å². The van der Waals surface area contributed by atoms with Crippen molar-refractivity contribution in [2.24, 2.45) is 0 Å². The van der Waals surface area contributed by atoms with E-state index in [1.165, 1.54) is 19.2 Å². The van der Waals surface area contributed by atoms with Crippen LogP contribution in [0.5, 0.6) is 11.5 Å². The van der Waals surface area contributed by atoms with Gasteiger partial charge in [-0.05, 0) is 19.1 Å². The summed E-state index contributed by atoms with van der Waals surface area (Å²) < 4.78 is 9.67. The monoisotopic (exact) mass is 230 g/mol. The van der Waals surface area contributed by atoms with Crippen LogP contribution >= 0.6 is 11.6 Å². The predicted molar refractivity (Wildman–Crippen MR) is 55.6 cm³/mol. The van der Waals surface area contributed by atoms with Crippen molar-refractivity contribution in [3.8, 4) is 11.5 Å². The van der Waals surface area contributed by atoms with Gasteiger partial charge >= 0.3 is 5.97 Å². The number of benzene rings is 1. The fraction of sp³-hybridized carbons (Fsp3) is 0.300. The molecule has 1 N–H and O–H groups in total. The van der Waals surface area contributed by atoms with Crippen molar-refractivity contribution in [2.75, 3.05) is 13.7 Å². The summed E-state index contributed by atoms with van der Waals surface area (Å²) in [7, 11) is 1.26. The van der Waals surface area contributed by atoms with E-state index >= 15 is 0 Å². The summed E-state index contributed by atoms with van der Waals surface area (Å²) in [6, 6.07) is 2.66. The van der Waals surface area contributed by atoms with Gasteiger partial charge in [-0.25, -0.2) is 4.79 Å². The van der Waals surface area contributed by atoms with E-state index in [-0.39, 0.29) is 22.1 Å². The Bertz CT molecular complexity index is 376. The Morgan fingerprint density at radius 1 is 1.53 bits per heavy atom. The van der Waals surface area contributed by atoms with Gasteiger partial charge in [0, 0.05) is 0 Å². The van der Waals surface area contributed by atoms with Crippen LogP contribution in [0.4, 0.5) is 0 Å². The first-order valence-electron chi connectivity index (χ1n) is 4.33. The molecule has 82 valence electrons. The van der Waals surface area contributed by atoms with Gasteiger partial charge in [0.25, 0.3) is 0 Å². The number of hydrogen-bond donors (Lipinski definition) is 1. The van der Waals surface area contributed by atoms with Crippen LogP contribution in [0.25, 0.3) is 0 Å². The fourth-order valence-corrected chi connectivity index (χ4v) is 1.24. The maximum atomic E-state index is 11.2. The molecule has 0 unspecified atom stereocenters. The molecule has 0 aromatic heterocycles. The van der Waals surface area contributed by atoms with Crippen molar-refractivity contribution in [1.82, 2.24) is 0 Å². The zero-order valence-electron chi connectivity index (χ0n) is 8.41. The van der Waals surface area contributed by atoms with Crippen LogP contribution in [0.2, 0.25) is 5.02 Å². The van der Waals surface area contributed by atoms with E-state index in [0.717, 1.165) is 0 Å². The van der Waals surface area contributed by atoms with Gasteiger partial charge in [0.2, 0.25) is 0 Å². The van der Waals surface area contributed by atoms with Crippen LogP contribution in [-0.2, 0) is 4.74 Å². The SMILES string of the molecule is CCOc1cc(C(=O)OC)cc(O)c1Cl. The number of carbonyl (C=O) groups excluding carboxylic acids is 1. The van der Waals surface area contributed by atoms with Crippen LogP contribution in [0, 0.1) is 0 Å². The molecule has 1 aromatic carbocycles. The molecule has 0 amide bonds. The molecular formula is C10H11ClO4. The minimum atomic E-state index is -0.553. The van der Waals surface area contributed by atoms with Gasteiger partial charge in [-0.2, -0.15) is 0 Å². The summed E-state index contributed by atoms with van der Waals surface area (Å²) in [5.41, 5.74) is 0.197. The van der Waals surface area contributed by atoms with Crippen molar-refractivity contribution in [3.63, 3.8) is 0 Å². The maximum absolute atomic E-state index is 11.2. The van der Waals surface area contributed by atoms with E-state index in [1.54, 1.807) is 6.92 Å². The summed E-state index contributed by atoms with van der Waals surface area (Å²) in [5, 5.41) is 9.52. The molecule has 0 bridgehead atoms. The first kappa shape index (κ1) is 11.7. The average Bonchev–Trinajstić information content (AvgIpc) is 2.23. The first-order chi connectivity index (χ1) is 7.10. The highest BCUT2D eigenvalue weighted by atomic mass is 35.5. The van der Waals surface area contributed by atoms with Gasteiger partial charge in [-0.3, -0.25) is 0 Å². The van der Waals surface area contributed by atoms with Crippen molar-refractivity contribution in [3.05, 3.63) is 22.7 Å². The number of halogens is 1. The number of ether oxygens (including phenoxy) is 2. The molecule has 0 heterocycles. The number of methoxy groups -OCH3 is 1. The largest absolute Gasteiger partial charge is 0.506 e. The van der Waals surface area contributed by atoms with E-state index in [9.17, 15) is 9.90 Å². The van der Waals surface area contributed by atoms with Crippen LogP contribution < -0.4 is 4.74 Å². The third kappa shape index (κ3) is 2.53. The second-order valence-electron chi connectivity index (χ2n) is 2.73. The normalized spacial score (nSPS) is 9.80. The molecule has 0 saturated heterocycles. The van der Waals surface area contributed by atoms with E-state index in [4.69, 9.17) is 16.3 Å². The second kappa shape index (κ2) is 4.89. The molecule has 0 saturated carbocycles. The fourth-order valence-electron chi connectivity index (χ4n) is 1.08. The van der Waals surface area contributed by atoms with E-state index in [2.05, 4.69) is 4.74 Å². The van der Waals surface area contributed by atoms with Gasteiger partial charge in [0.05, 0.1) is 19.3 Å². The highest BCUT2D eigenvalue weighted by molar-refractivity contribution is 6.33. The Balaban J connectivity index is 3.16. The topological polar surface area (TPSA) is 55.8 Å². The highest BCUT2D eigenvalue weighted by Crippen LogP contribution is 2.34. The molecule has 4 nitrogen and oxygen atoms in total. The van der Waals surface area contributed by atoms with Crippen LogP contribution in [0.3, 0.4) is 0 Å². The molecule has 0 atom stereocenters. The molecule has 5 heteroatoms. The van der Waals surface area contributed by atoms with E-state index in [0.29, 0.717) is 6.61 Å². The minimum absolute atomic E-state index is 0.0875. The standard InChI is InChI=1S/C10H11ClO4/c1-3-15-8-5-6(10(13)14-2)4-7(12)9(8)11/h4-5,12H,3H2,1-2H3. The molecule has 1 aromatic rings. The summed E-state index contributed by atoms with van der Waals surface area (Å²) in [6.45, 7) is 2.17. The lowest BCUT2D eigenvalue weighted by atomic mass is 10.2. The lowest BCUT2D eigenvalue weighted by Crippen LogP contribution is -2.02. The van der Waals surface area contributed by atoms with Crippen molar-refractivity contribution >= 4 is 17.6 Å². The number of aromatic hydroxyl groups is 1. The third-order valence-electron chi connectivity index (χ3n) is 1.74. The number of phenolic OH excluding ortho intramolecular Hbond substituents is 1. The van der Waals surface area contributed by atoms with E-state index < -0.39 is 5.97 Å². The average molecular weight is 231 g/mol. The second-order valence-corrected chi connectivity index (χ2v) is 3.11. The summed E-state index contributed by atoms with van der Waals surface area (Å²) >= 11 is 5.76. The van der Waals surface area contributed by atoms with Gasteiger partial charge in [-0.1, -0.05) is 11.6 Å². The number of carbonyl (C=O) groups is 1. The number of phenols is 1. The molecular weight excluding hydrogens is 220 g/mol. The Kier molecular flexibility index (Phi) is 3.80. The number of esters is 1. The lowest BCUT2D eigenvalue weighted by Gasteiger charge is -2.08. The number of rotatable bonds is 3. The maximum Gasteiger partial charge on any atom is 0.338 e. The molecule has 0 radical (unpaired) electrons. The van der Waals surface area contributed by atoms with E-state index in [1.807, 2.05) is 0 Å².